The van der Waals surface area contributed by atoms with Crippen molar-refractivity contribution in [2.24, 2.45) is 0 Å². The van der Waals surface area contributed by atoms with Crippen LogP contribution in [-0.4, -0.2) is 54.3 Å². The van der Waals surface area contributed by atoms with Gasteiger partial charge in [-0.1, -0.05) is 18.2 Å². The topological polar surface area (TPSA) is 115 Å². The highest BCUT2D eigenvalue weighted by Crippen LogP contribution is 2.32. The molecule has 4 aromatic rings. The van der Waals surface area contributed by atoms with Crippen molar-refractivity contribution in [3.05, 3.63) is 111 Å². The smallest absolute Gasteiger partial charge is 0.416 e. The molecule has 262 valence electrons. The molecule has 50 heavy (non-hydrogen) atoms. The average Bonchev–Trinajstić information content (AvgIpc) is 3.06. The van der Waals surface area contributed by atoms with Crippen LogP contribution < -0.4 is 10.1 Å². The molecule has 4 rings (SSSR count). The van der Waals surface area contributed by atoms with E-state index >= 15 is 0 Å². The Hall–Kier alpha value is -5.52. The molecule has 1 heterocycles. The Morgan fingerprint density at radius 2 is 1.52 bits per heavy atom. The highest BCUT2D eigenvalue weighted by atomic mass is 19.4. The number of hydrogen-bond donors (Lipinski definition) is 1. The Kier molecular flexibility index (Phi) is 11.8. The van der Waals surface area contributed by atoms with Crippen LogP contribution in [0, 0.1) is 20.8 Å². The minimum atomic E-state index is -4.51. The summed E-state index contributed by atoms with van der Waals surface area (Å²) in [5.74, 6) is -1.50. The van der Waals surface area contributed by atoms with Crippen molar-refractivity contribution < 1.29 is 41.8 Å². The van der Waals surface area contributed by atoms with E-state index in [4.69, 9.17) is 9.47 Å². The number of benzene rings is 3. The molecule has 0 radical (unpaired) electrons. The largest absolute Gasteiger partial charge is 0.462 e. The van der Waals surface area contributed by atoms with E-state index < -0.39 is 29.6 Å². The van der Waals surface area contributed by atoms with Crippen LogP contribution in [0.3, 0.4) is 0 Å². The van der Waals surface area contributed by atoms with Gasteiger partial charge >= 0.3 is 18.1 Å². The molecular weight excluding hydrogens is 651 g/mol. The maximum Gasteiger partial charge on any atom is 0.416 e. The van der Waals surface area contributed by atoms with Crippen molar-refractivity contribution >= 4 is 29.4 Å². The van der Waals surface area contributed by atoms with Gasteiger partial charge in [-0.05, 0) is 106 Å². The molecule has 0 aliphatic rings. The van der Waals surface area contributed by atoms with E-state index in [2.05, 4.69) is 10.3 Å². The van der Waals surface area contributed by atoms with E-state index in [1.165, 1.54) is 23.1 Å². The van der Waals surface area contributed by atoms with Crippen molar-refractivity contribution in [3.63, 3.8) is 0 Å². The molecule has 0 fully saturated rings. The number of nitrogens with one attached hydrogen (secondary N) is 1. The van der Waals surface area contributed by atoms with Crippen LogP contribution in [-0.2, 0) is 22.1 Å². The second-order valence-corrected chi connectivity index (χ2v) is 11.9. The van der Waals surface area contributed by atoms with Gasteiger partial charge in [-0.25, -0.2) is 4.79 Å². The Bertz CT molecular complexity index is 1900. The van der Waals surface area contributed by atoms with Crippen molar-refractivity contribution in [1.82, 2.24) is 9.88 Å². The van der Waals surface area contributed by atoms with E-state index in [0.717, 1.165) is 17.7 Å². The van der Waals surface area contributed by atoms with Crippen molar-refractivity contribution in [2.75, 3.05) is 26.0 Å². The highest BCUT2D eigenvalue weighted by Gasteiger charge is 2.30. The zero-order valence-electron chi connectivity index (χ0n) is 28.7. The number of carbonyl (C=O) groups excluding carboxylic acids is 4. The first-order chi connectivity index (χ1) is 23.6. The number of carbonyl (C=O) groups is 4. The Balaban J connectivity index is 1.49. The van der Waals surface area contributed by atoms with E-state index in [-0.39, 0.29) is 41.4 Å². The van der Waals surface area contributed by atoms with Crippen LogP contribution >= 0.6 is 0 Å². The number of anilines is 1. The first kappa shape index (κ1) is 37.3. The van der Waals surface area contributed by atoms with Crippen LogP contribution in [0.5, 0.6) is 5.75 Å². The summed E-state index contributed by atoms with van der Waals surface area (Å²) in [7, 11) is 3.15. The van der Waals surface area contributed by atoms with Crippen LogP contribution in [0.25, 0.3) is 11.3 Å². The Morgan fingerprint density at radius 1 is 0.860 bits per heavy atom. The molecule has 1 N–H and O–H groups in total. The number of hydrogen-bond acceptors (Lipinski definition) is 7. The number of pyridine rings is 1. The number of esters is 2. The lowest BCUT2D eigenvalue weighted by atomic mass is 10.0. The summed E-state index contributed by atoms with van der Waals surface area (Å²) >= 11 is 0. The molecule has 0 bridgehead atoms. The van der Waals surface area contributed by atoms with Gasteiger partial charge in [0.2, 0.25) is 0 Å². The van der Waals surface area contributed by atoms with E-state index in [1.54, 1.807) is 78.2 Å². The molecule has 3 aromatic carbocycles. The summed E-state index contributed by atoms with van der Waals surface area (Å²) in [6, 6.07) is 15.7. The third-order valence-electron chi connectivity index (χ3n) is 7.77. The maximum absolute atomic E-state index is 13.6. The summed E-state index contributed by atoms with van der Waals surface area (Å²) < 4.78 is 50.1. The summed E-state index contributed by atoms with van der Waals surface area (Å²) in [6.07, 6.45) is -3.59. The molecule has 0 spiro atoms. The number of alkyl halides is 3. The van der Waals surface area contributed by atoms with Gasteiger partial charge in [-0.15, -0.1) is 0 Å². The van der Waals surface area contributed by atoms with E-state index in [0.29, 0.717) is 46.5 Å². The third kappa shape index (κ3) is 9.13. The second kappa shape index (κ2) is 15.8. The van der Waals surface area contributed by atoms with Crippen molar-refractivity contribution in [2.45, 2.75) is 53.1 Å². The molecular formula is C38H38F3N3O6. The molecule has 0 aliphatic carbocycles. The van der Waals surface area contributed by atoms with Crippen molar-refractivity contribution in [1.29, 1.82) is 0 Å². The van der Waals surface area contributed by atoms with Crippen LogP contribution in [0.15, 0.2) is 66.7 Å². The van der Waals surface area contributed by atoms with Gasteiger partial charge in [0.1, 0.15) is 5.75 Å². The Morgan fingerprint density at radius 3 is 2.12 bits per heavy atom. The lowest BCUT2D eigenvalue weighted by molar-refractivity contribution is -0.137. The maximum atomic E-state index is 13.6. The van der Waals surface area contributed by atoms with Gasteiger partial charge in [0.25, 0.3) is 11.8 Å². The van der Waals surface area contributed by atoms with Crippen LogP contribution in [0.4, 0.5) is 18.9 Å². The number of nitrogens with zero attached hydrogens (tertiary/aromatic N) is 2. The molecule has 0 unspecified atom stereocenters. The van der Waals surface area contributed by atoms with Gasteiger partial charge < -0.3 is 19.7 Å². The monoisotopic (exact) mass is 689 g/mol. The summed E-state index contributed by atoms with van der Waals surface area (Å²) in [4.78, 5) is 57.4. The normalized spacial score (nSPS) is 11.1. The SMILES string of the molecule is CCOC(=O)c1cc(C)c(OC(=O)CCCc2ccc(NC(=O)c3ccc(C)nc3-c3ccc(C(F)(F)F)cc3)c(C(=O)N(C)C)c2)c(C)c1. The summed E-state index contributed by atoms with van der Waals surface area (Å²) in [6.45, 7) is 7.15. The van der Waals surface area contributed by atoms with E-state index in [1.807, 2.05) is 0 Å². The molecule has 12 heteroatoms. The van der Waals surface area contributed by atoms with Crippen molar-refractivity contribution in [3.8, 4) is 17.0 Å². The number of rotatable bonds is 11. The molecule has 0 atom stereocenters. The average molecular weight is 690 g/mol. The fourth-order valence-corrected chi connectivity index (χ4v) is 5.29. The second-order valence-electron chi connectivity index (χ2n) is 11.9. The molecule has 2 amide bonds. The quantitative estimate of drug-likeness (QED) is 0.127. The third-order valence-corrected chi connectivity index (χ3v) is 7.77. The molecule has 0 saturated carbocycles. The first-order valence-corrected chi connectivity index (χ1v) is 15.9. The predicted octanol–water partition coefficient (Wildman–Crippen LogP) is 7.75. The minimum absolute atomic E-state index is 0.0844. The zero-order valence-corrected chi connectivity index (χ0v) is 28.7. The highest BCUT2D eigenvalue weighted by molar-refractivity contribution is 6.11. The number of aromatic nitrogens is 1. The molecule has 0 saturated heterocycles. The lowest BCUT2D eigenvalue weighted by Crippen LogP contribution is -2.24. The van der Waals surface area contributed by atoms with Gasteiger partial charge in [0.15, 0.2) is 0 Å². The summed E-state index contributed by atoms with van der Waals surface area (Å²) in [5.41, 5.74) is 3.18. The van der Waals surface area contributed by atoms with E-state index in [9.17, 15) is 32.3 Å². The first-order valence-electron chi connectivity index (χ1n) is 15.9. The predicted molar refractivity (Wildman–Crippen MR) is 182 cm³/mol. The van der Waals surface area contributed by atoms with Gasteiger partial charge in [-0.2, -0.15) is 13.2 Å². The number of aryl methyl sites for hydroxylation is 4. The molecule has 1 aromatic heterocycles. The fourth-order valence-electron chi connectivity index (χ4n) is 5.29. The summed E-state index contributed by atoms with van der Waals surface area (Å²) in [5, 5.41) is 2.78. The number of amides is 2. The fraction of sp³-hybridized carbons (Fsp3) is 0.289. The lowest BCUT2D eigenvalue weighted by Gasteiger charge is -2.17. The minimum Gasteiger partial charge on any atom is -0.462 e. The molecule has 9 nitrogen and oxygen atoms in total. The van der Waals surface area contributed by atoms with Crippen LogP contribution in [0.1, 0.15) is 78.8 Å². The van der Waals surface area contributed by atoms with Gasteiger partial charge in [-0.3, -0.25) is 19.4 Å². The van der Waals surface area contributed by atoms with Crippen LogP contribution in [0.2, 0.25) is 0 Å². The standard InChI is InChI=1S/C38H38F3N3O6/c1-7-49-37(48)27-19-22(2)34(23(3)20-27)50-32(45)10-8-9-25-12-18-31(30(21-25)36(47)44(5)6)43-35(46)29-17-11-24(4)42-33(29)26-13-15-28(16-14-26)38(39,40)41/h11-21H,7-10H2,1-6H3,(H,43,46). The zero-order chi connectivity index (χ0) is 36.7. The Labute approximate surface area is 288 Å². The molecule has 0 aliphatic heterocycles. The van der Waals surface area contributed by atoms with Gasteiger partial charge in [0, 0.05) is 31.8 Å². The number of halogens is 3. The number of ether oxygens (including phenoxy) is 2. The van der Waals surface area contributed by atoms with Gasteiger partial charge in [0.05, 0.1) is 40.2 Å².